The number of carbonyl (C=O) groups excluding carboxylic acids is 1. The molecule has 1 aromatic heterocycles. The van der Waals surface area contributed by atoms with E-state index in [1.807, 2.05) is 30.3 Å². The minimum atomic E-state index is -0.230. The predicted octanol–water partition coefficient (Wildman–Crippen LogP) is 3.10. The summed E-state index contributed by atoms with van der Waals surface area (Å²) in [6, 6.07) is 16.3. The second kappa shape index (κ2) is 7.07. The fraction of sp³-hybridized carbons (Fsp3) is 0.118. The molecule has 3 aromatic rings. The zero-order valence-corrected chi connectivity index (χ0v) is 13.0. The number of benzene rings is 2. The maximum atomic E-state index is 12.5. The molecule has 0 bridgehead atoms. The molecule has 1 unspecified atom stereocenters. The lowest BCUT2D eigenvalue weighted by Gasteiger charge is -2.19. The van der Waals surface area contributed by atoms with E-state index in [0.29, 0.717) is 17.1 Å². The van der Waals surface area contributed by atoms with Gasteiger partial charge < -0.3 is 5.32 Å². The second-order valence-electron chi connectivity index (χ2n) is 5.03. The Morgan fingerprint density at radius 2 is 1.70 bits per heavy atom. The smallest absolute Gasteiger partial charge is 0.251 e. The van der Waals surface area contributed by atoms with E-state index < -0.39 is 0 Å². The van der Waals surface area contributed by atoms with E-state index in [2.05, 4.69) is 15.5 Å². The van der Waals surface area contributed by atoms with Gasteiger partial charge in [-0.1, -0.05) is 41.9 Å². The van der Waals surface area contributed by atoms with Gasteiger partial charge in [-0.2, -0.15) is 15.0 Å². The first-order chi connectivity index (χ1) is 11.2. The molecule has 5 nitrogen and oxygen atoms in total. The summed E-state index contributed by atoms with van der Waals surface area (Å²) in [5, 5.41) is 11.8. The average molecular weight is 327 g/mol. The molecule has 3 rings (SSSR count). The van der Waals surface area contributed by atoms with Crippen molar-refractivity contribution >= 4 is 17.5 Å². The summed E-state index contributed by atoms with van der Waals surface area (Å²) in [4.78, 5) is 14.0. The van der Waals surface area contributed by atoms with Crippen LogP contribution >= 0.6 is 11.6 Å². The number of halogens is 1. The SMILES string of the molecule is O=C(NC(Cn1nccn1)c1ccccc1)c1ccc(Cl)cc1. The summed E-state index contributed by atoms with van der Waals surface area (Å²) in [5.41, 5.74) is 1.55. The number of hydrogen-bond donors (Lipinski definition) is 1. The van der Waals surface area contributed by atoms with E-state index in [9.17, 15) is 4.79 Å². The van der Waals surface area contributed by atoms with Crippen molar-refractivity contribution in [3.8, 4) is 0 Å². The minimum Gasteiger partial charge on any atom is -0.343 e. The number of nitrogens with zero attached hydrogens (tertiary/aromatic N) is 3. The molecule has 2 aromatic carbocycles. The van der Waals surface area contributed by atoms with E-state index in [1.165, 1.54) is 0 Å². The van der Waals surface area contributed by atoms with E-state index >= 15 is 0 Å². The molecule has 0 fully saturated rings. The van der Waals surface area contributed by atoms with Crippen LogP contribution in [0.5, 0.6) is 0 Å². The van der Waals surface area contributed by atoms with Gasteiger partial charge in [0, 0.05) is 10.6 Å². The number of aromatic nitrogens is 3. The highest BCUT2D eigenvalue weighted by Gasteiger charge is 2.17. The quantitative estimate of drug-likeness (QED) is 0.783. The van der Waals surface area contributed by atoms with Gasteiger partial charge in [0.1, 0.15) is 0 Å². The Balaban J connectivity index is 1.80. The fourth-order valence-corrected chi connectivity index (χ4v) is 2.39. The van der Waals surface area contributed by atoms with Crippen LogP contribution in [0.15, 0.2) is 67.0 Å². The topological polar surface area (TPSA) is 59.8 Å². The predicted molar refractivity (Wildman–Crippen MR) is 88.1 cm³/mol. The molecule has 1 atom stereocenters. The van der Waals surface area contributed by atoms with Crippen LogP contribution in [-0.4, -0.2) is 20.9 Å². The third-order valence-corrected chi connectivity index (χ3v) is 3.68. The Labute approximate surface area is 138 Å². The van der Waals surface area contributed by atoms with Crippen LogP contribution in [0.3, 0.4) is 0 Å². The van der Waals surface area contributed by atoms with Crippen LogP contribution in [0, 0.1) is 0 Å². The van der Waals surface area contributed by atoms with Crippen molar-refractivity contribution < 1.29 is 4.79 Å². The van der Waals surface area contributed by atoms with Gasteiger partial charge in [-0.05, 0) is 29.8 Å². The summed E-state index contributed by atoms with van der Waals surface area (Å²) in [5.74, 6) is -0.164. The Bertz CT molecular complexity index is 757. The molecule has 6 heteroatoms. The van der Waals surface area contributed by atoms with Crippen molar-refractivity contribution in [2.24, 2.45) is 0 Å². The lowest BCUT2D eigenvalue weighted by Crippen LogP contribution is -2.32. The average Bonchev–Trinajstić information content (AvgIpc) is 3.09. The zero-order chi connectivity index (χ0) is 16.1. The molecule has 0 saturated carbocycles. The Morgan fingerprint density at radius 1 is 1.04 bits per heavy atom. The van der Waals surface area contributed by atoms with Crippen molar-refractivity contribution in [2.75, 3.05) is 0 Å². The standard InChI is InChI=1S/C17H15ClN4O/c18-15-8-6-14(7-9-15)17(23)21-16(12-22-19-10-11-20-22)13-4-2-1-3-5-13/h1-11,16H,12H2,(H,21,23). The first kappa shape index (κ1) is 15.2. The zero-order valence-electron chi connectivity index (χ0n) is 12.3. The van der Waals surface area contributed by atoms with Crippen LogP contribution < -0.4 is 5.32 Å². The maximum absolute atomic E-state index is 12.5. The van der Waals surface area contributed by atoms with Gasteiger partial charge >= 0.3 is 0 Å². The molecule has 0 radical (unpaired) electrons. The summed E-state index contributed by atoms with van der Waals surface area (Å²) in [6.45, 7) is 0.455. The molecule has 0 spiro atoms. The van der Waals surface area contributed by atoms with E-state index in [0.717, 1.165) is 5.56 Å². The van der Waals surface area contributed by atoms with E-state index in [-0.39, 0.29) is 11.9 Å². The normalized spacial score (nSPS) is 11.9. The minimum absolute atomic E-state index is 0.164. The number of amides is 1. The van der Waals surface area contributed by atoms with Gasteiger partial charge in [0.15, 0.2) is 0 Å². The van der Waals surface area contributed by atoms with Crippen molar-refractivity contribution in [3.63, 3.8) is 0 Å². The largest absolute Gasteiger partial charge is 0.343 e. The fourth-order valence-electron chi connectivity index (χ4n) is 2.26. The highest BCUT2D eigenvalue weighted by atomic mass is 35.5. The molecule has 0 aliphatic carbocycles. The lowest BCUT2D eigenvalue weighted by molar-refractivity contribution is 0.0931. The molecule has 0 aliphatic heterocycles. The number of rotatable bonds is 5. The summed E-state index contributed by atoms with van der Waals surface area (Å²) in [6.07, 6.45) is 3.23. The molecule has 0 saturated heterocycles. The number of hydrogen-bond acceptors (Lipinski definition) is 3. The lowest BCUT2D eigenvalue weighted by atomic mass is 10.1. The molecular weight excluding hydrogens is 312 g/mol. The van der Waals surface area contributed by atoms with Crippen LogP contribution in [0.1, 0.15) is 22.0 Å². The highest BCUT2D eigenvalue weighted by molar-refractivity contribution is 6.30. The van der Waals surface area contributed by atoms with E-state index in [1.54, 1.807) is 41.5 Å². The first-order valence-electron chi connectivity index (χ1n) is 7.18. The Kier molecular flexibility index (Phi) is 4.68. The van der Waals surface area contributed by atoms with Crippen molar-refractivity contribution in [1.82, 2.24) is 20.3 Å². The number of carbonyl (C=O) groups is 1. The first-order valence-corrected chi connectivity index (χ1v) is 7.55. The van der Waals surface area contributed by atoms with Crippen molar-refractivity contribution in [1.29, 1.82) is 0 Å². The van der Waals surface area contributed by atoms with Gasteiger partial charge in [-0.25, -0.2) is 0 Å². The van der Waals surface area contributed by atoms with Gasteiger partial charge in [-0.3, -0.25) is 4.79 Å². The second-order valence-corrected chi connectivity index (χ2v) is 5.46. The van der Waals surface area contributed by atoms with Gasteiger partial charge in [0.2, 0.25) is 0 Å². The van der Waals surface area contributed by atoms with Gasteiger partial charge in [-0.15, -0.1) is 0 Å². The van der Waals surface area contributed by atoms with Gasteiger partial charge in [0.05, 0.1) is 25.0 Å². The molecule has 0 aliphatic rings. The third kappa shape index (κ3) is 3.96. The molecule has 1 heterocycles. The van der Waals surface area contributed by atoms with Crippen molar-refractivity contribution in [3.05, 3.63) is 83.1 Å². The van der Waals surface area contributed by atoms with Crippen LogP contribution in [0.25, 0.3) is 0 Å². The highest BCUT2D eigenvalue weighted by Crippen LogP contribution is 2.16. The van der Waals surface area contributed by atoms with Crippen LogP contribution in [0.4, 0.5) is 0 Å². The maximum Gasteiger partial charge on any atom is 0.251 e. The summed E-state index contributed by atoms with van der Waals surface area (Å²) in [7, 11) is 0. The van der Waals surface area contributed by atoms with Crippen LogP contribution in [0.2, 0.25) is 5.02 Å². The third-order valence-electron chi connectivity index (χ3n) is 3.43. The molecule has 116 valence electrons. The van der Waals surface area contributed by atoms with E-state index in [4.69, 9.17) is 11.6 Å². The number of nitrogens with one attached hydrogen (secondary N) is 1. The Morgan fingerprint density at radius 3 is 2.35 bits per heavy atom. The van der Waals surface area contributed by atoms with Crippen LogP contribution in [-0.2, 0) is 6.54 Å². The molecule has 23 heavy (non-hydrogen) atoms. The molecule has 1 N–H and O–H groups in total. The monoisotopic (exact) mass is 326 g/mol. The van der Waals surface area contributed by atoms with Gasteiger partial charge in [0.25, 0.3) is 5.91 Å². The summed E-state index contributed by atoms with van der Waals surface area (Å²) < 4.78 is 0. The van der Waals surface area contributed by atoms with Crippen molar-refractivity contribution in [2.45, 2.75) is 12.6 Å². The molecule has 1 amide bonds. The Hall–Kier alpha value is -2.66. The summed E-state index contributed by atoms with van der Waals surface area (Å²) >= 11 is 5.86. The molecular formula is C17H15ClN4O.